The number of benzene rings is 3. The molecule has 0 unspecified atom stereocenters. The molecule has 0 saturated carbocycles. The van der Waals surface area contributed by atoms with E-state index in [1.165, 1.54) is 17.0 Å². The average molecular weight is 461 g/mol. The molecular weight excluding hydrogens is 436 g/mol. The van der Waals surface area contributed by atoms with Crippen LogP contribution in [-0.2, 0) is 27.8 Å². The second kappa shape index (κ2) is 9.03. The Labute approximate surface area is 193 Å². The summed E-state index contributed by atoms with van der Waals surface area (Å²) in [5.41, 5.74) is 3.30. The van der Waals surface area contributed by atoms with Crippen LogP contribution in [0.15, 0.2) is 89.3 Å². The zero-order valence-electron chi connectivity index (χ0n) is 18.4. The fourth-order valence-corrected chi connectivity index (χ4v) is 4.88. The predicted octanol–water partition coefficient (Wildman–Crippen LogP) is 4.12. The van der Waals surface area contributed by atoms with Crippen LogP contribution in [0.5, 0.6) is 0 Å². The first kappa shape index (κ1) is 22.5. The minimum absolute atomic E-state index is 0.0255. The SMILES string of the molecule is Cc1cccc(NS(=O)(=O)c2ccc3c(c2)C(=O)C(C(=O)N(C)Cc2ccccc2)=CC3)c1. The van der Waals surface area contributed by atoms with Gasteiger partial charge in [-0.2, -0.15) is 0 Å². The van der Waals surface area contributed by atoms with Crippen LogP contribution in [-0.4, -0.2) is 32.1 Å². The summed E-state index contributed by atoms with van der Waals surface area (Å²) >= 11 is 0. The third-order valence-corrected chi connectivity index (χ3v) is 6.90. The summed E-state index contributed by atoms with van der Waals surface area (Å²) in [6.45, 7) is 2.24. The zero-order chi connectivity index (χ0) is 23.6. The summed E-state index contributed by atoms with van der Waals surface area (Å²) in [7, 11) is -2.25. The molecule has 0 fully saturated rings. The number of ketones is 1. The van der Waals surface area contributed by atoms with E-state index in [0.29, 0.717) is 24.2 Å². The van der Waals surface area contributed by atoms with E-state index in [0.717, 1.165) is 11.1 Å². The van der Waals surface area contributed by atoms with Gasteiger partial charge in [0.1, 0.15) is 0 Å². The Balaban J connectivity index is 1.56. The standard InChI is InChI=1S/C26H24N2O4S/c1-18-7-6-10-21(15-18)27-33(31,32)22-13-11-20-12-14-23(25(29)24(20)16-22)26(30)28(2)17-19-8-4-3-5-9-19/h3-11,13-16,27H,12,17H2,1-2H3. The molecule has 0 atom stereocenters. The van der Waals surface area contributed by atoms with Crippen molar-refractivity contribution in [3.05, 3.63) is 107 Å². The van der Waals surface area contributed by atoms with Crippen LogP contribution in [0.4, 0.5) is 5.69 Å². The monoisotopic (exact) mass is 460 g/mol. The molecule has 1 N–H and O–H groups in total. The third kappa shape index (κ3) is 4.88. The number of nitrogens with zero attached hydrogens (tertiary/aromatic N) is 1. The van der Waals surface area contributed by atoms with Crippen LogP contribution >= 0.6 is 0 Å². The molecule has 7 heteroatoms. The number of nitrogens with one attached hydrogen (secondary N) is 1. The molecule has 3 aromatic carbocycles. The van der Waals surface area contributed by atoms with Crippen molar-refractivity contribution in [1.29, 1.82) is 0 Å². The van der Waals surface area contributed by atoms with Gasteiger partial charge in [-0.25, -0.2) is 8.42 Å². The lowest BCUT2D eigenvalue weighted by Crippen LogP contribution is -2.32. The Bertz CT molecular complexity index is 1360. The predicted molar refractivity (Wildman–Crippen MR) is 127 cm³/mol. The summed E-state index contributed by atoms with van der Waals surface area (Å²) in [6.07, 6.45) is 2.00. The number of sulfonamides is 1. The molecule has 168 valence electrons. The highest BCUT2D eigenvalue weighted by Crippen LogP contribution is 2.26. The lowest BCUT2D eigenvalue weighted by atomic mass is 9.90. The molecule has 4 rings (SSSR count). The minimum atomic E-state index is -3.90. The summed E-state index contributed by atoms with van der Waals surface area (Å²) in [5.74, 6) is -0.852. The molecule has 3 aromatic rings. The molecule has 0 spiro atoms. The maximum atomic E-state index is 13.2. The normalized spacial score (nSPS) is 13.2. The Morgan fingerprint density at radius 3 is 2.48 bits per heavy atom. The van der Waals surface area contributed by atoms with E-state index in [1.54, 1.807) is 37.4 Å². The zero-order valence-corrected chi connectivity index (χ0v) is 19.2. The van der Waals surface area contributed by atoms with Crippen LogP contribution in [0.3, 0.4) is 0 Å². The van der Waals surface area contributed by atoms with Crippen molar-refractivity contribution in [1.82, 2.24) is 4.90 Å². The van der Waals surface area contributed by atoms with E-state index >= 15 is 0 Å². The van der Waals surface area contributed by atoms with Gasteiger partial charge in [-0.3, -0.25) is 14.3 Å². The van der Waals surface area contributed by atoms with Gasteiger partial charge in [0, 0.05) is 24.8 Å². The smallest absolute Gasteiger partial charge is 0.261 e. The van der Waals surface area contributed by atoms with Gasteiger partial charge < -0.3 is 4.90 Å². The number of fused-ring (bicyclic) bond motifs is 1. The number of likely N-dealkylation sites (N-methyl/N-ethyl adjacent to an activating group) is 1. The van der Waals surface area contributed by atoms with Gasteiger partial charge in [-0.15, -0.1) is 0 Å². The van der Waals surface area contributed by atoms with Crippen molar-refractivity contribution < 1.29 is 18.0 Å². The summed E-state index contributed by atoms with van der Waals surface area (Å²) in [5, 5.41) is 0. The summed E-state index contributed by atoms with van der Waals surface area (Å²) in [4.78, 5) is 27.6. The van der Waals surface area contributed by atoms with Gasteiger partial charge in [0.15, 0.2) is 5.78 Å². The number of Topliss-reactive ketones (excluding diaryl/α,β-unsaturated/α-hetero) is 1. The highest BCUT2D eigenvalue weighted by molar-refractivity contribution is 7.92. The van der Waals surface area contributed by atoms with E-state index in [9.17, 15) is 18.0 Å². The lowest BCUT2D eigenvalue weighted by molar-refractivity contribution is -0.126. The highest BCUT2D eigenvalue weighted by atomic mass is 32.2. The molecule has 0 saturated heterocycles. The van der Waals surface area contributed by atoms with Crippen molar-refractivity contribution in [3.63, 3.8) is 0 Å². The Kier molecular flexibility index (Phi) is 6.16. The Morgan fingerprint density at radius 2 is 1.76 bits per heavy atom. The number of hydrogen-bond donors (Lipinski definition) is 1. The molecule has 0 aromatic heterocycles. The number of allylic oxidation sites excluding steroid dienone is 1. The number of aryl methyl sites for hydroxylation is 1. The second-order valence-electron chi connectivity index (χ2n) is 8.09. The Hall–Kier alpha value is -3.71. The molecule has 1 amide bonds. The van der Waals surface area contributed by atoms with E-state index in [4.69, 9.17) is 0 Å². The molecule has 1 aliphatic carbocycles. The lowest BCUT2D eigenvalue weighted by Gasteiger charge is -2.22. The number of hydrogen-bond acceptors (Lipinski definition) is 4. The number of anilines is 1. The molecule has 6 nitrogen and oxygen atoms in total. The summed E-state index contributed by atoms with van der Waals surface area (Å²) in [6, 6.07) is 21.0. The first-order valence-corrected chi connectivity index (χ1v) is 12.0. The van der Waals surface area contributed by atoms with E-state index in [-0.39, 0.29) is 21.9 Å². The number of rotatable bonds is 6. The number of amides is 1. The first-order chi connectivity index (χ1) is 15.7. The van der Waals surface area contributed by atoms with Crippen molar-refractivity contribution in [2.24, 2.45) is 0 Å². The van der Waals surface area contributed by atoms with Gasteiger partial charge >= 0.3 is 0 Å². The Morgan fingerprint density at radius 1 is 1.00 bits per heavy atom. The maximum Gasteiger partial charge on any atom is 0.261 e. The molecule has 33 heavy (non-hydrogen) atoms. The fourth-order valence-electron chi connectivity index (χ4n) is 3.80. The number of carbonyl (C=O) groups excluding carboxylic acids is 2. The molecule has 0 heterocycles. The average Bonchev–Trinajstić information content (AvgIpc) is 2.79. The van der Waals surface area contributed by atoms with Crippen LogP contribution in [0.25, 0.3) is 0 Å². The molecule has 0 aliphatic heterocycles. The first-order valence-electron chi connectivity index (χ1n) is 10.5. The fraction of sp³-hybridized carbons (Fsp3) is 0.154. The van der Waals surface area contributed by atoms with Gasteiger partial charge in [0.05, 0.1) is 10.5 Å². The minimum Gasteiger partial charge on any atom is -0.337 e. The largest absolute Gasteiger partial charge is 0.337 e. The second-order valence-corrected chi connectivity index (χ2v) is 9.77. The van der Waals surface area contributed by atoms with Gasteiger partial charge in [-0.05, 0) is 54.3 Å². The van der Waals surface area contributed by atoms with E-state index < -0.39 is 15.8 Å². The molecular formula is C26H24N2O4S. The molecule has 1 aliphatic rings. The number of carbonyl (C=O) groups is 2. The van der Waals surface area contributed by atoms with Crippen molar-refractivity contribution in [2.45, 2.75) is 24.8 Å². The highest BCUT2D eigenvalue weighted by Gasteiger charge is 2.29. The van der Waals surface area contributed by atoms with Crippen molar-refractivity contribution in [2.75, 3.05) is 11.8 Å². The van der Waals surface area contributed by atoms with Crippen LogP contribution in [0.2, 0.25) is 0 Å². The third-order valence-electron chi connectivity index (χ3n) is 5.52. The van der Waals surface area contributed by atoms with Crippen LogP contribution in [0.1, 0.15) is 27.0 Å². The van der Waals surface area contributed by atoms with E-state index in [2.05, 4.69) is 4.72 Å². The van der Waals surface area contributed by atoms with Crippen molar-refractivity contribution >= 4 is 27.4 Å². The maximum absolute atomic E-state index is 13.2. The topological polar surface area (TPSA) is 83.5 Å². The van der Waals surface area contributed by atoms with Gasteiger partial charge in [0.25, 0.3) is 15.9 Å². The molecule has 0 radical (unpaired) electrons. The molecule has 0 bridgehead atoms. The summed E-state index contributed by atoms with van der Waals surface area (Å²) < 4.78 is 28.4. The van der Waals surface area contributed by atoms with Gasteiger partial charge in [0.2, 0.25) is 0 Å². The van der Waals surface area contributed by atoms with Crippen molar-refractivity contribution in [3.8, 4) is 0 Å². The van der Waals surface area contributed by atoms with E-state index in [1.807, 2.05) is 43.3 Å². The van der Waals surface area contributed by atoms with Crippen LogP contribution in [0, 0.1) is 6.92 Å². The van der Waals surface area contributed by atoms with Gasteiger partial charge in [-0.1, -0.05) is 54.6 Å². The quantitative estimate of drug-likeness (QED) is 0.561. The van der Waals surface area contributed by atoms with Crippen LogP contribution < -0.4 is 4.72 Å².